The molecule has 1 amide bonds. The summed E-state index contributed by atoms with van der Waals surface area (Å²) in [5.41, 5.74) is 2.44. The molecule has 0 saturated carbocycles. The summed E-state index contributed by atoms with van der Waals surface area (Å²) in [6.07, 6.45) is 1.44. The molecule has 2 aromatic rings. The first-order valence-electron chi connectivity index (χ1n) is 11.8. The molecule has 6 nitrogen and oxygen atoms in total. The van der Waals surface area contributed by atoms with E-state index >= 15 is 0 Å². The molecule has 3 rings (SSSR count). The van der Waals surface area contributed by atoms with Crippen LogP contribution in [-0.4, -0.2) is 48.6 Å². The second-order valence-electron chi connectivity index (χ2n) is 9.59. The van der Waals surface area contributed by atoms with Crippen molar-refractivity contribution in [1.82, 2.24) is 4.90 Å². The maximum Gasteiger partial charge on any atom is 0.295 e. The predicted molar refractivity (Wildman–Crippen MR) is 133 cm³/mol. The highest BCUT2D eigenvalue weighted by Crippen LogP contribution is 2.40. The number of carbonyl (C=O) groups excluding carboxylic acids is 2. The number of Topliss-reactive ketones (excluding diaryl/α,β-unsaturated/α-hetero) is 1. The Morgan fingerprint density at radius 1 is 1.06 bits per heavy atom. The van der Waals surface area contributed by atoms with Gasteiger partial charge in [0.25, 0.3) is 11.7 Å². The number of benzene rings is 2. The van der Waals surface area contributed by atoms with Gasteiger partial charge in [-0.05, 0) is 41.5 Å². The van der Waals surface area contributed by atoms with Crippen LogP contribution in [0.4, 0.5) is 0 Å². The second kappa shape index (κ2) is 10.9. The number of ether oxygens (including phenoxy) is 2. The van der Waals surface area contributed by atoms with Gasteiger partial charge in [-0.3, -0.25) is 9.59 Å². The van der Waals surface area contributed by atoms with Gasteiger partial charge in [0, 0.05) is 25.8 Å². The molecule has 1 fully saturated rings. The van der Waals surface area contributed by atoms with E-state index in [1.165, 1.54) is 4.90 Å². The minimum Gasteiger partial charge on any atom is -0.507 e. The number of ketones is 1. The minimum absolute atomic E-state index is 0.0300. The van der Waals surface area contributed by atoms with Crippen LogP contribution in [0.3, 0.4) is 0 Å². The van der Waals surface area contributed by atoms with Crippen molar-refractivity contribution in [3.05, 3.63) is 70.8 Å². The van der Waals surface area contributed by atoms with Crippen LogP contribution in [-0.2, 0) is 19.7 Å². The van der Waals surface area contributed by atoms with Crippen LogP contribution in [0, 0.1) is 0 Å². The van der Waals surface area contributed by atoms with E-state index in [4.69, 9.17) is 9.47 Å². The van der Waals surface area contributed by atoms with E-state index in [1.807, 2.05) is 31.2 Å². The Labute approximate surface area is 202 Å². The van der Waals surface area contributed by atoms with Crippen molar-refractivity contribution in [2.75, 3.05) is 26.9 Å². The van der Waals surface area contributed by atoms with Crippen LogP contribution in [0.25, 0.3) is 5.76 Å². The zero-order chi connectivity index (χ0) is 24.9. The number of amides is 1. The minimum atomic E-state index is -0.681. The molecular weight excluding hydrogens is 430 g/mol. The molecule has 2 aromatic carbocycles. The van der Waals surface area contributed by atoms with Crippen LogP contribution in [0.2, 0.25) is 0 Å². The van der Waals surface area contributed by atoms with Gasteiger partial charge < -0.3 is 19.5 Å². The Hall–Kier alpha value is -3.12. The summed E-state index contributed by atoms with van der Waals surface area (Å²) in [6, 6.07) is 14.2. The summed E-state index contributed by atoms with van der Waals surface area (Å²) in [5.74, 6) is -0.883. The molecule has 1 saturated heterocycles. The molecule has 1 heterocycles. The smallest absolute Gasteiger partial charge is 0.295 e. The molecule has 1 aliphatic heterocycles. The first kappa shape index (κ1) is 25.5. The lowest BCUT2D eigenvalue weighted by Gasteiger charge is -2.26. The highest BCUT2D eigenvalue weighted by atomic mass is 16.5. The van der Waals surface area contributed by atoms with Crippen LogP contribution in [0.1, 0.15) is 63.3 Å². The highest BCUT2D eigenvalue weighted by Gasteiger charge is 2.45. The number of aliphatic hydroxyl groups excluding tert-OH is 1. The van der Waals surface area contributed by atoms with Crippen molar-refractivity contribution in [2.45, 2.75) is 52.0 Å². The average Bonchev–Trinajstić information content (AvgIpc) is 3.07. The zero-order valence-electron chi connectivity index (χ0n) is 20.8. The third kappa shape index (κ3) is 5.50. The number of hydrogen-bond donors (Lipinski definition) is 1. The van der Waals surface area contributed by atoms with Crippen LogP contribution in [0.5, 0.6) is 5.75 Å². The van der Waals surface area contributed by atoms with Crippen molar-refractivity contribution < 1.29 is 24.2 Å². The summed E-state index contributed by atoms with van der Waals surface area (Å²) in [4.78, 5) is 27.7. The van der Waals surface area contributed by atoms with E-state index < -0.39 is 17.7 Å². The van der Waals surface area contributed by atoms with Gasteiger partial charge in [-0.2, -0.15) is 0 Å². The lowest BCUT2D eigenvalue weighted by atomic mass is 9.85. The first-order valence-corrected chi connectivity index (χ1v) is 11.8. The quantitative estimate of drug-likeness (QED) is 0.237. The second-order valence-corrected chi connectivity index (χ2v) is 9.59. The summed E-state index contributed by atoms with van der Waals surface area (Å²) in [5, 5.41) is 11.3. The highest BCUT2D eigenvalue weighted by molar-refractivity contribution is 6.46. The number of likely N-dealkylation sites (tertiary alicyclic amines) is 1. The predicted octanol–water partition coefficient (Wildman–Crippen LogP) is 5.23. The van der Waals surface area contributed by atoms with E-state index in [1.54, 1.807) is 31.4 Å². The molecule has 1 aliphatic rings. The third-order valence-electron chi connectivity index (χ3n) is 5.96. The monoisotopic (exact) mass is 465 g/mol. The molecule has 6 heteroatoms. The van der Waals surface area contributed by atoms with Crippen molar-refractivity contribution in [1.29, 1.82) is 0 Å². The van der Waals surface area contributed by atoms with E-state index in [2.05, 4.69) is 20.8 Å². The number of carbonyl (C=O) groups is 2. The summed E-state index contributed by atoms with van der Waals surface area (Å²) in [6.45, 7) is 9.77. The summed E-state index contributed by atoms with van der Waals surface area (Å²) in [7, 11) is 1.60. The SMILES string of the molecule is CCCOc1cccc(/C(O)=C2\C(=O)C(=O)N(CCCOC)C2c2ccc(C(C)(C)C)cc2)c1. The van der Waals surface area contributed by atoms with Crippen molar-refractivity contribution in [2.24, 2.45) is 0 Å². The molecule has 182 valence electrons. The van der Waals surface area contributed by atoms with Gasteiger partial charge in [-0.25, -0.2) is 0 Å². The molecule has 1 unspecified atom stereocenters. The molecular formula is C28H35NO5. The summed E-state index contributed by atoms with van der Waals surface area (Å²) >= 11 is 0. The van der Waals surface area contributed by atoms with Gasteiger partial charge in [0.05, 0.1) is 18.2 Å². The fourth-order valence-electron chi connectivity index (χ4n) is 4.11. The Bertz CT molecular complexity index is 1050. The summed E-state index contributed by atoms with van der Waals surface area (Å²) < 4.78 is 10.8. The van der Waals surface area contributed by atoms with Gasteiger partial charge in [0.15, 0.2) is 0 Å². The van der Waals surface area contributed by atoms with Gasteiger partial charge in [0.2, 0.25) is 0 Å². The fraction of sp³-hybridized carbons (Fsp3) is 0.429. The number of rotatable bonds is 9. The lowest BCUT2D eigenvalue weighted by molar-refractivity contribution is -0.140. The van der Waals surface area contributed by atoms with Crippen molar-refractivity contribution in [3.63, 3.8) is 0 Å². The van der Waals surface area contributed by atoms with Crippen molar-refractivity contribution >= 4 is 17.4 Å². The molecule has 0 bridgehead atoms. The topological polar surface area (TPSA) is 76.1 Å². The van der Waals surface area contributed by atoms with E-state index in [9.17, 15) is 14.7 Å². The number of methoxy groups -OCH3 is 1. The van der Waals surface area contributed by atoms with Gasteiger partial charge in [-0.1, -0.05) is 64.1 Å². The Balaban J connectivity index is 2.09. The fourth-order valence-corrected chi connectivity index (χ4v) is 4.11. The zero-order valence-corrected chi connectivity index (χ0v) is 20.8. The Morgan fingerprint density at radius 2 is 1.76 bits per heavy atom. The van der Waals surface area contributed by atoms with Crippen molar-refractivity contribution in [3.8, 4) is 5.75 Å². The van der Waals surface area contributed by atoms with Crippen LogP contribution < -0.4 is 4.74 Å². The number of hydrogen-bond acceptors (Lipinski definition) is 5. The number of aliphatic hydroxyl groups is 1. The lowest BCUT2D eigenvalue weighted by Crippen LogP contribution is -2.31. The van der Waals surface area contributed by atoms with E-state index in [-0.39, 0.29) is 16.7 Å². The molecule has 34 heavy (non-hydrogen) atoms. The molecule has 0 spiro atoms. The van der Waals surface area contributed by atoms with Crippen LogP contribution >= 0.6 is 0 Å². The third-order valence-corrected chi connectivity index (χ3v) is 5.96. The maximum absolute atomic E-state index is 13.2. The van der Waals surface area contributed by atoms with Crippen LogP contribution in [0.15, 0.2) is 54.1 Å². The Morgan fingerprint density at radius 3 is 2.38 bits per heavy atom. The first-order chi connectivity index (χ1) is 16.2. The molecule has 0 aromatic heterocycles. The largest absolute Gasteiger partial charge is 0.507 e. The normalized spacial score (nSPS) is 17.9. The number of nitrogens with zero attached hydrogens (tertiary/aromatic N) is 1. The average molecular weight is 466 g/mol. The van der Waals surface area contributed by atoms with Gasteiger partial charge in [-0.15, -0.1) is 0 Å². The van der Waals surface area contributed by atoms with Gasteiger partial charge >= 0.3 is 0 Å². The molecule has 0 aliphatic carbocycles. The van der Waals surface area contributed by atoms with E-state index in [0.717, 1.165) is 17.5 Å². The molecule has 1 N–H and O–H groups in total. The molecule has 0 radical (unpaired) electrons. The van der Waals surface area contributed by atoms with E-state index in [0.29, 0.717) is 37.5 Å². The Kier molecular flexibility index (Phi) is 8.15. The maximum atomic E-state index is 13.2. The standard InChI is InChI=1S/C28H35NO5/c1-6-16-34-22-10-7-9-20(18-22)25(30)23-24(19-11-13-21(14-12-19)28(2,3)4)29(15-8-17-33-5)27(32)26(23)31/h7,9-14,18,24,30H,6,8,15-17H2,1-5H3/b25-23+. The van der Waals surface area contributed by atoms with Gasteiger partial charge in [0.1, 0.15) is 11.5 Å². The molecule has 1 atom stereocenters.